The Bertz CT molecular complexity index is 1430. The summed E-state index contributed by atoms with van der Waals surface area (Å²) in [7, 11) is 3.23. The summed E-state index contributed by atoms with van der Waals surface area (Å²) >= 11 is 0. The molecule has 1 unspecified atom stereocenters. The van der Waals surface area contributed by atoms with Crippen molar-refractivity contribution in [2.24, 2.45) is 0 Å². The number of benzene rings is 3. The Hall–Kier alpha value is -4.59. The number of aromatic nitrogens is 2. The topological polar surface area (TPSA) is 85.7 Å². The summed E-state index contributed by atoms with van der Waals surface area (Å²) in [5, 5.41) is 7.76. The second-order valence-corrected chi connectivity index (χ2v) is 9.48. The number of rotatable bonds is 8. The standard InChI is InChI=1S/C30H30N4O4/c1-30(29(36)31-18-21-7-5-4-6-8-21)20-34-27(17-26(32-34)23-11-15-25(38-3)16-12-23)28(35)33(30)19-22-9-13-24(37-2)14-10-22/h4-17H,18-20H2,1-3H3,(H,31,36). The van der Waals surface area contributed by atoms with Crippen LogP contribution in [0.25, 0.3) is 11.3 Å². The molecule has 0 saturated heterocycles. The van der Waals surface area contributed by atoms with Crippen LogP contribution in [0.2, 0.25) is 0 Å². The van der Waals surface area contributed by atoms with Gasteiger partial charge in [0.1, 0.15) is 22.7 Å². The molecule has 8 heteroatoms. The van der Waals surface area contributed by atoms with E-state index in [-0.39, 0.29) is 24.9 Å². The van der Waals surface area contributed by atoms with Crippen molar-refractivity contribution in [3.8, 4) is 22.8 Å². The van der Waals surface area contributed by atoms with Gasteiger partial charge in [-0.3, -0.25) is 14.3 Å². The van der Waals surface area contributed by atoms with E-state index in [9.17, 15) is 9.59 Å². The summed E-state index contributed by atoms with van der Waals surface area (Å²) in [4.78, 5) is 29.3. The number of methoxy groups -OCH3 is 2. The highest BCUT2D eigenvalue weighted by molar-refractivity contribution is 6.00. The van der Waals surface area contributed by atoms with Crippen molar-refractivity contribution in [2.45, 2.75) is 32.1 Å². The molecular weight excluding hydrogens is 480 g/mol. The van der Waals surface area contributed by atoms with Gasteiger partial charge in [0.05, 0.1) is 26.5 Å². The SMILES string of the molecule is COc1ccc(CN2C(=O)c3cc(-c4ccc(OC)cc4)nn3CC2(C)C(=O)NCc2ccccc2)cc1. The zero-order chi connectivity index (χ0) is 26.7. The molecule has 0 radical (unpaired) electrons. The molecule has 0 saturated carbocycles. The van der Waals surface area contributed by atoms with Crippen LogP contribution < -0.4 is 14.8 Å². The Morgan fingerprint density at radius 1 is 0.921 bits per heavy atom. The van der Waals surface area contributed by atoms with Crippen LogP contribution >= 0.6 is 0 Å². The zero-order valence-electron chi connectivity index (χ0n) is 21.7. The molecule has 4 aromatic rings. The molecule has 2 amide bonds. The number of carbonyl (C=O) groups excluding carboxylic acids is 2. The van der Waals surface area contributed by atoms with Crippen molar-refractivity contribution < 1.29 is 19.1 Å². The van der Waals surface area contributed by atoms with E-state index in [1.807, 2.05) is 78.9 Å². The Morgan fingerprint density at radius 2 is 1.55 bits per heavy atom. The van der Waals surface area contributed by atoms with Gasteiger partial charge in [-0.1, -0.05) is 42.5 Å². The van der Waals surface area contributed by atoms with E-state index >= 15 is 0 Å². The van der Waals surface area contributed by atoms with Crippen LogP contribution in [0.15, 0.2) is 84.9 Å². The number of ether oxygens (including phenoxy) is 2. The maximum absolute atomic E-state index is 13.9. The normalized spacial score (nSPS) is 16.6. The molecule has 0 fully saturated rings. The van der Waals surface area contributed by atoms with Gasteiger partial charge in [-0.25, -0.2) is 0 Å². The molecule has 1 atom stereocenters. The van der Waals surface area contributed by atoms with Crippen LogP contribution in [0.3, 0.4) is 0 Å². The Balaban J connectivity index is 1.48. The second kappa shape index (κ2) is 10.4. The van der Waals surface area contributed by atoms with Crippen molar-refractivity contribution in [1.82, 2.24) is 20.0 Å². The number of amides is 2. The third-order valence-electron chi connectivity index (χ3n) is 6.97. The highest BCUT2D eigenvalue weighted by Gasteiger charge is 2.48. The van der Waals surface area contributed by atoms with Crippen molar-refractivity contribution in [2.75, 3.05) is 14.2 Å². The third-order valence-corrected chi connectivity index (χ3v) is 6.97. The molecule has 1 aromatic heterocycles. The molecule has 38 heavy (non-hydrogen) atoms. The summed E-state index contributed by atoms with van der Waals surface area (Å²) in [5.41, 5.74) is 2.67. The summed E-state index contributed by atoms with van der Waals surface area (Å²) in [6, 6.07) is 26.5. The predicted molar refractivity (Wildman–Crippen MR) is 144 cm³/mol. The molecule has 1 N–H and O–H groups in total. The van der Waals surface area contributed by atoms with Crippen LogP contribution in [0.1, 0.15) is 28.5 Å². The first kappa shape index (κ1) is 25.1. The largest absolute Gasteiger partial charge is 0.497 e. The van der Waals surface area contributed by atoms with Crippen LogP contribution in [-0.2, 0) is 24.4 Å². The summed E-state index contributed by atoms with van der Waals surface area (Å²) in [6.45, 7) is 2.65. The van der Waals surface area contributed by atoms with Crippen LogP contribution in [0.5, 0.6) is 11.5 Å². The molecule has 3 aromatic carbocycles. The van der Waals surface area contributed by atoms with E-state index < -0.39 is 5.54 Å². The molecule has 194 valence electrons. The number of hydrogen-bond donors (Lipinski definition) is 1. The molecule has 0 aliphatic carbocycles. The summed E-state index contributed by atoms with van der Waals surface area (Å²) < 4.78 is 12.2. The number of nitrogens with one attached hydrogen (secondary N) is 1. The number of fused-ring (bicyclic) bond motifs is 1. The minimum Gasteiger partial charge on any atom is -0.497 e. The molecular formula is C30H30N4O4. The highest BCUT2D eigenvalue weighted by Crippen LogP contribution is 2.32. The Labute approximate surface area is 221 Å². The predicted octanol–water partition coefficient (Wildman–Crippen LogP) is 4.30. The fourth-order valence-corrected chi connectivity index (χ4v) is 4.67. The average Bonchev–Trinajstić information content (AvgIpc) is 3.38. The van der Waals surface area contributed by atoms with Gasteiger partial charge >= 0.3 is 0 Å². The van der Waals surface area contributed by atoms with Gasteiger partial charge in [0.15, 0.2) is 0 Å². The van der Waals surface area contributed by atoms with Crippen molar-refractivity contribution in [3.63, 3.8) is 0 Å². The molecule has 8 nitrogen and oxygen atoms in total. The second-order valence-electron chi connectivity index (χ2n) is 9.48. The van der Waals surface area contributed by atoms with Crippen LogP contribution in [0.4, 0.5) is 0 Å². The average molecular weight is 511 g/mol. The van der Waals surface area contributed by atoms with Gasteiger partial charge in [-0.2, -0.15) is 5.10 Å². The van der Waals surface area contributed by atoms with E-state index in [1.54, 1.807) is 36.8 Å². The lowest BCUT2D eigenvalue weighted by Gasteiger charge is -2.43. The van der Waals surface area contributed by atoms with Crippen molar-refractivity contribution in [3.05, 3.63) is 102 Å². The van der Waals surface area contributed by atoms with Crippen LogP contribution in [0, 0.1) is 0 Å². The summed E-state index contributed by atoms with van der Waals surface area (Å²) in [6.07, 6.45) is 0. The monoisotopic (exact) mass is 510 g/mol. The number of nitrogens with zero attached hydrogens (tertiary/aromatic N) is 3. The van der Waals surface area contributed by atoms with E-state index in [4.69, 9.17) is 14.6 Å². The molecule has 0 bridgehead atoms. The smallest absolute Gasteiger partial charge is 0.273 e. The molecule has 1 aliphatic heterocycles. The minimum atomic E-state index is -1.16. The van der Waals surface area contributed by atoms with E-state index in [0.717, 1.165) is 28.2 Å². The Kier molecular flexibility index (Phi) is 6.87. The zero-order valence-corrected chi connectivity index (χ0v) is 21.7. The first-order chi connectivity index (χ1) is 18.4. The minimum absolute atomic E-state index is 0.223. The molecule has 2 heterocycles. The molecule has 0 spiro atoms. The lowest BCUT2D eigenvalue weighted by atomic mass is 9.94. The van der Waals surface area contributed by atoms with Crippen molar-refractivity contribution in [1.29, 1.82) is 0 Å². The van der Waals surface area contributed by atoms with Gasteiger partial charge in [0, 0.05) is 18.7 Å². The maximum Gasteiger partial charge on any atom is 0.273 e. The third kappa shape index (κ3) is 4.85. The van der Waals surface area contributed by atoms with E-state index in [1.165, 1.54) is 0 Å². The molecule has 5 rings (SSSR count). The fraction of sp³-hybridized carbons (Fsp3) is 0.233. The highest BCUT2D eigenvalue weighted by atomic mass is 16.5. The fourth-order valence-electron chi connectivity index (χ4n) is 4.67. The first-order valence-corrected chi connectivity index (χ1v) is 12.4. The van der Waals surface area contributed by atoms with Gasteiger partial charge in [0.2, 0.25) is 5.91 Å². The number of hydrogen-bond acceptors (Lipinski definition) is 5. The first-order valence-electron chi connectivity index (χ1n) is 12.4. The van der Waals surface area contributed by atoms with Gasteiger partial charge in [-0.15, -0.1) is 0 Å². The van der Waals surface area contributed by atoms with Gasteiger partial charge in [0.25, 0.3) is 5.91 Å². The van der Waals surface area contributed by atoms with E-state index in [0.29, 0.717) is 17.9 Å². The lowest BCUT2D eigenvalue weighted by Crippen LogP contribution is -2.63. The van der Waals surface area contributed by atoms with Gasteiger partial charge < -0.3 is 19.7 Å². The molecule has 1 aliphatic rings. The maximum atomic E-state index is 13.9. The number of carbonyl (C=O) groups is 2. The quantitative estimate of drug-likeness (QED) is 0.382. The summed E-state index contributed by atoms with van der Waals surface area (Å²) in [5.74, 6) is 0.971. The van der Waals surface area contributed by atoms with Gasteiger partial charge in [-0.05, 0) is 60.5 Å². The van der Waals surface area contributed by atoms with Crippen LogP contribution in [-0.4, -0.2) is 46.3 Å². The van der Waals surface area contributed by atoms with Crippen molar-refractivity contribution >= 4 is 11.8 Å². The van der Waals surface area contributed by atoms with E-state index in [2.05, 4.69) is 5.32 Å². The lowest BCUT2D eigenvalue weighted by molar-refractivity contribution is -0.133. The Morgan fingerprint density at radius 3 is 2.18 bits per heavy atom.